The van der Waals surface area contributed by atoms with Crippen LogP contribution in [0.4, 0.5) is 0 Å². The van der Waals surface area contributed by atoms with Gasteiger partial charge in [-0.2, -0.15) is 0 Å². The number of carbonyl (C=O) groups excluding carboxylic acids is 1. The van der Waals surface area contributed by atoms with Crippen molar-refractivity contribution in [3.05, 3.63) is 68.1 Å². The van der Waals surface area contributed by atoms with Gasteiger partial charge in [-0.05, 0) is 59.1 Å². The number of carbonyl (C=O) groups is 1. The predicted molar refractivity (Wildman–Crippen MR) is 90.9 cm³/mol. The van der Waals surface area contributed by atoms with E-state index in [-0.39, 0.29) is 5.91 Å². The van der Waals surface area contributed by atoms with Crippen molar-refractivity contribution in [3.8, 4) is 0 Å². The minimum absolute atomic E-state index is 0.0515. The van der Waals surface area contributed by atoms with E-state index < -0.39 is 0 Å². The summed E-state index contributed by atoms with van der Waals surface area (Å²) in [4.78, 5) is 14.2. The molecule has 0 aliphatic heterocycles. The highest BCUT2D eigenvalue weighted by molar-refractivity contribution is 9.10. The fourth-order valence-electron chi connectivity index (χ4n) is 2.22. The summed E-state index contributed by atoms with van der Waals surface area (Å²) in [6, 6.07) is 11.5. The monoisotopic (exact) mass is 365 g/mol. The Morgan fingerprint density at radius 3 is 2.57 bits per heavy atom. The van der Waals surface area contributed by atoms with E-state index in [1.807, 2.05) is 0 Å². The first kappa shape index (κ1) is 16.1. The van der Waals surface area contributed by atoms with E-state index in [2.05, 4.69) is 48.0 Å². The van der Waals surface area contributed by atoms with Gasteiger partial charge in [0, 0.05) is 23.1 Å². The highest BCUT2D eigenvalue weighted by atomic mass is 79.9. The van der Waals surface area contributed by atoms with Crippen molar-refractivity contribution in [2.45, 2.75) is 20.4 Å². The van der Waals surface area contributed by atoms with E-state index >= 15 is 0 Å². The lowest BCUT2D eigenvalue weighted by atomic mass is 10.1. The van der Waals surface area contributed by atoms with Crippen molar-refractivity contribution in [2.24, 2.45) is 0 Å². The third kappa shape index (κ3) is 3.86. The number of halogens is 2. The molecule has 0 spiro atoms. The Balaban J connectivity index is 2.21. The van der Waals surface area contributed by atoms with Gasteiger partial charge < -0.3 is 4.90 Å². The highest BCUT2D eigenvalue weighted by Gasteiger charge is 2.16. The normalized spacial score (nSPS) is 10.5. The van der Waals surface area contributed by atoms with Gasteiger partial charge in [-0.1, -0.05) is 35.4 Å². The first-order valence-corrected chi connectivity index (χ1v) is 7.82. The highest BCUT2D eigenvalue weighted by Crippen LogP contribution is 2.23. The van der Waals surface area contributed by atoms with Crippen LogP contribution in [0.25, 0.3) is 0 Å². The Bertz CT molecular complexity index is 684. The molecule has 0 bridgehead atoms. The zero-order valence-electron chi connectivity index (χ0n) is 12.3. The maximum absolute atomic E-state index is 12.5. The van der Waals surface area contributed by atoms with Crippen LogP contribution in [0.2, 0.25) is 5.02 Å². The van der Waals surface area contributed by atoms with E-state index in [9.17, 15) is 4.79 Å². The average molecular weight is 367 g/mol. The standard InChI is InChI=1S/C17H17BrClNO/c1-11-4-5-13(12(2)8-11)10-20(3)17(21)15-9-14(19)6-7-16(15)18/h4-9H,10H2,1-3H3. The van der Waals surface area contributed by atoms with Gasteiger partial charge in [0.05, 0.1) is 5.56 Å². The molecule has 21 heavy (non-hydrogen) atoms. The molecule has 110 valence electrons. The summed E-state index contributed by atoms with van der Waals surface area (Å²) in [5.41, 5.74) is 4.15. The van der Waals surface area contributed by atoms with Gasteiger partial charge in [-0.3, -0.25) is 4.79 Å². The Labute approximate surface area is 138 Å². The third-order valence-electron chi connectivity index (χ3n) is 3.41. The van der Waals surface area contributed by atoms with Crippen LogP contribution in [-0.4, -0.2) is 17.9 Å². The fourth-order valence-corrected chi connectivity index (χ4v) is 2.81. The number of hydrogen-bond donors (Lipinski definition) is 0. The number of aryl methyl sites for hydroxylation is 2. The van der Waals surface area contributed by atoms with Crippen molar-refractivity contribution >= 4 is 33.4 Å². The number of hydrogen-bond acceptors (Lipinski definition) is 1. The Morgan fingerprint density at radius 1 is 1.19 bits per heavy atom. The quantitative estimate of drug-likeness (QED) is 0.749. The molecular weight excluding hydrogens is 350 g/mol. The van der Waals surface area contributed by atoms with Crippen molar-refractivity contribution in [2.75, 3.05) is 7.05 Å². The predicted octanol–water partition coefficient (Wildman–Crippen LogP) is 4.99. The lowest BCUT2D eigenvalue weighted by Crippen LogP contribution is -2.26. The molecule has 0 saturated heterocycles. The maximum atomic E-state index is 12.5. The smallest absolute Gasteiger partial charge is 0.255 e. The molecule has 0 aromatic heterocycles. The molecule has 0 N–H and O–H groups in total. The fraction of sp³-hybridized carbons (Fsp3) is 0.235. The zero-order chi connectivity index (χ0) is 15.6. The molecule has 2 nitrogen and oxygen atoms in total. The van der Waals surface area contributed by atoms with Gasteiger partial charge in [0.1, 0.15) is 0 Å². The van der Waals surface area contributed by atoms with Crippen LogP contribution in [0.15, 0.2) is 40.9 Å². The van der Waals surface area contributed by atoms with Gasteiger partial charge in [0.15, 0.2) is 0 Å². The first-order chi connectivity index (χ1) is 9.88. The van der Waals surface area contributed by atoms with Crippen molar-refractivity contribution in [1.29, 1.82) is 0 Å². The van der Waals surface area contributed by atoms with Gasteiger partial charge in [-0.15, -0.1) is 0 Å². The molecule has 0 aliphatic rings. The lowest BCUT2D eigenvalue weighted by molar-refractivity contribution is 0.0784. The Hall–Kier alpha value is -1.32. The minimum atomic E-state index is -0.0515. The topological polar surface area (TPSA) is 20.3 Å². The molecule has 2 aromatic carbocycles. The second-order valence-electron chi connectivity index (χ2n) is 5.22. The number of rotatable bonds is 3. The summed E-state index contributed by atoms with van der Waals surface area (Å²) in [5.74, 6) is -0.0515. The number of benzene rings is 2. The van der Waals surface area contributed by atoms with Crippen LogP contribution in [0.1, 0.15) is 27.0 Å². The second-order valence-corrected chi connectivity index (χ2v) is 6.51. The molecule has 0 saturated carbocycles. The molecule has 0 aliphatic carbocycles. The van der Waals surface area contributed by atoms with Gasteiger partial charge in [0.2, 0.25) is 0 Å². The molecule has 1 amide bonds. The zero-order valence-corrected chi connectivity index (χ0v) is 14.6. The first-order valence-electron chi connectivity index (χ1n) is 6.65. The van der Waals surface area contributed by atoms with E-state index in [0.29, 0.717) is 17.1 Å². The van der Waals surface area contributed by atoms with Gasteiger partial charge in [-0.25, -0.2) is 0 Å². The molecule has 2 aromatic rings. The number of amides is 1. The summed E-state index contributed by atoms with van der Waals surface area (Å²) in [6.45, 7) is 4.70. The SMILES string of the molecule is Cc1ccc(CN(C)C(=O)c2cc(Cl)ccc2Br)c(C)c1. The van der Waals surface area contributed by atoms with E-state index in [0.717, 1.165) is 10.0 Å². The molecular formula is C17H17BrClNO. The maximum Gasteiger partial charge on any atom is 0.255 e. The summed E-state index contributed by atoms with van der Waals surface area (Å²) in [5, 5.41) is 0.557. The van der Waals surface area contributed by atoms with Crippen LogP contribution in [0.5, 0.6) is 0 Å². The molecule has 0 fully saturated rings. The summed E-state index contributed by atoms with van der Waals surface area (Å²) in [7, 11) is 1.80. The molecule has 0 atom stereocenters. The number of nitrogens with zero attached hydrogens (tertiary/aromatic N) is 1. The molecule has 2 rings (SSSR count). The summed E-state index contributed by atoms with van der Waals surface area (Å²) in [6.07, 6.45) is 0. The third-order valence-corrected chi connectivity index (χ3v) is 4.34. The molecule has 0 unspecified atom stereocenters. The van der Waals surface area contributed by atoms with Crippen LogP contribution in [-0.2, 0) is 6.54 Å². The van der Waals surface area contributed by atoms with Crippen LogP contribution < -0.4 is 0 Å². The Kier molecular flexibility index (Phi) is 5.07. The van der Waals surface area contributed by atoms with Gasteiger partial charge in [0.25, 0.3) is 5.91 Å². The van der Waals surface area contributed by atoms with Crippen LogP contribution in [0, 0.1) is 13.8 Å². The van der Waals surface area contributed by atoms with Crippen LogP contribution >= 0.6 is 27.5 Å². The Morgan fingerprint density at radius 2 is 1.90 bits per heavy atom. The van der Waals surface area contributed by atoms with E-state index in [4.69, 9.17) is 11.6 Å². The minimum Gasteiger partial charge on any atom is -0.337 e. The average Bonchev–Trinajstić information content (AvgIpc) is 2.43. The molecule has 4 heteroatoms. The van der Waals surface area contributed by atoms with Crippen molar-refractivity contribution in [1.82, 2.24) is 4.90 Å². The summed E-state index contributed by atoms with van der Waals surface area (Å²) >= 11 is 9.38. The van der Waals surface area contributed by atoms with E-state index in [1.54, 1.807) is 30.1 Å². The summed E-state index contributed by atoms with van der Waals surface area (Å²) < 4.78 is 0.754. The molecule has 0 heterocycles. The van der Waals surface area contributed by atoms with Gasteiger partial charge >= 0.3 is 0 Å². The van der Waals surface area contributed by atoms with Crippen molar-refractivity contribution in [3.63, 3.8) is 0 Å². The second kappa shape index (κ2) is 6.63. The van der Waals surface area contributed by atoms with Crippen LogP contribution in [0.3, 0.4) is 0 Å². The van der Waals surface area contributed by atoms with Crippen molar-refractivity contribution < 1.29 is 4.79 Å². The van der Waals surface area contributed by atoms with E-state index in [1.165, 1.54) is 11.1 Å². The largest absolute Gasteiger partial charge is 0.337 e. The molecule has 0 radical (unpaired) electrons. The lowest BCUT2D eigenvalue weighted by Gasteiger charge is -2.19.